The fourth-order valence-electron chi connectivity index (χ4n) is 2.94. The third-order valence-corrected chi connectivity index (χ3v) is 4.33. The number of carbonyl (C=O) groups excluding carboxylic acids is 1. The second-order valence-electron chi connectivity index (χ2n) is 6.01. The molecule has 1 amide bonds. The van der Waals surface area contributed by atoms with Crippen LogP contribution in [-0.4, -0.2) is 42.0 Å². The molecule has 1 aromatic heterocycles. The van der Waals surface area contributed by atoms with Gasteiger partial charge < -0.3 is 20.0 Å². The first-order valence-electron chi connectivity index (χ1n) is 8.06. The molecule has 0 bridgehead atoms. The Kier molecular flexibility index (Phi) is 3.76. The molecule has 1 aliphatic heterocycles. The lowest BCUT2D eigenvalue weighted by atomic mass is 10.2. The van der Waals surface area contributed by atoms with Crippen molar-refractivity contribution in [2.75, 3.05) is 36.8 Å². The van der Waals surface area contributed by atoms with Crippen LogP contribution in [0.5, 0.6) is 0 Å². The number of fused-ring (bicyclic) bond motifs is 1. The number of nitrogens with two attached hydrogens (primary N) is 1. The molecule has 25 heavy (non-hydrogen) atoms. The van der Waals surface area contributed by atoms with Crippen LogP contribution in [0.1, 0.15) is 10.4 Å². The highest BCUT2D eigenvalue weighted by molar-refractivity contribution is 5.94. The first-order valence-corrected chi connectivity index (χ1v) is 8.06. The minimum Gasteiger partial charge on any atom is -0.423 e. The first kappa shape index (κ1) is 15.4. The second-order valence-corrected chi connectivity index (χ2v) is 6.01. The molecular formula is C18H17FN4O2. The van der Waals surface area contributed by atoms with E-state index in [1.54, 1.807) is 23.1 Å². The number of hydrogen-bond acceptors (Lipinski definition) is 5. The Morgan fingerprint density at radius 2 is 1.80 bits per heavy atom. The molecule has 2 N–H and O–H groups in total. The van der Waals surface area contributed by atoms with Gasteiger partial charge in [-0.05, 0) is 42.5 Å². The Morgan fingerprint density at radius 3 is 2.52 bits per heavy atom. The number of carbonyl (C=O) groups is 1. The van der Waals surface area contributed by atoms with Gasteiger partial charge in [0, 0.05) is 37.4 Å². The fourth-order valence-corrected chi connectivity index (χ4v) is 2.94. The molecule has 0 spiro atoms. The van der Waals surface area contributed by atoms with Crippen molar-refractivity contribution in [2.24, 2.45) is 0 Å². The Bertz CT molecular complexity index is 914. The quantitative estimate of drug-likeness (QED) is 0.726. The summed E-state index contributed by atoms with van der Waals surface area (Å²) >= 11 is 0. The summed E-state index contributed by atoms with van der Waals surface area (Å²) in [6, 6.07) is 11.5. The fraction of sp³-hybridized carbons (Fsp3) is 0.222. The van der Waals surface area contributed by atoms with Crippen molar-refractivity contribution in [3.63, 3.8) is 0 Å². The van der Waals surface area contributed by atoms with Gasteiger partial charge in [-0.2, -0.15) is 4.98 Å². The zero-order valence-corrected chi connectivity index (χ0v) is 13.5. The third kappa shape index (κ3) is 3.00. The molecule has 6 nitrogen and oxygen atoms in total. The number of nitrogen functional groups attached to an aromatic ring is 1. The lowest BCUT2D eigenvalue weighted by Crippen LogP contribution is -2.48. The highest BCUT2D eigenvalue weighted by atomic mass is 19.1. The largest absolute Gasteiger partial charge is 0.423 e. The van der Waals surface area contributed by atoms with E-state index in [2.05, 4.69) is 4.98 Å². The number of piperazine rings is 1. The van der Waals surface area contributed by atoms with E-state index in [-0.39, 0.29) is 11.7 Å². The molecule has 2 heterocycles. The summed E-state index contributed by atoms with van der Waals surface area (Å²) in [5.74, 6) is -0.442. The highest BCUT2D eigenvalue weighted by Gasteiger charge is 2.24. The topological polar surface area (TPSA) is 75.6 Å². The predicted octanol–water partition coefficient (Wildman–Crippen LogP) is 2.51. The molecule has 3 aromatic rings. The van der Waals surface area contributed by atoms with Gasteiger partial charge in [0.15, 0.2) is 5.58 Å². The van der Waals surface area contributed by atoms with Crippen LogP contribution in [0.25, 0.3) is 11.1 Å². The predicted molar refractivity (Wildman–Crippen MR) is 92.9 cm³/mol. The van der Waals surface area contributed by atoms with Crippen molar-refractivity contribution in [3.8, 4) is 0 Å². The van der Waals surface area contributed by atoms with E-state index in [0.717, 1.165) is 5.52 Å². The van der Waals surface area contributed by atoms with Crippen LogP contribution < -0.4 is 10.6 Å². The van der Waals surface area contributed by atoms with Crippen molar-refractivity contribution < 1.29 is 13.6 Å². The average molecular weight is 340 g/mol. The van der Waals surface area contributed by atoms with Crippen LogP contribution in [0.2, 0.25) is 0 Å². The van der Waals surface area contributed by atoms with Gasteiger partial charge in [0.2, 0.25) is 0 Å². The Hall–Kier alpha value is -3.09. The third-order valence-electron chi connectivity index (χ3n) is 4.33. The molecule has 7 heteroatoms. The van der Waals surface area contributed by atoms with Crippen molar-refractivity contribution >= 4 is 28.7 Å². The lowest BCUT2D eigenvalue weighted by Gasteiger charge is -2.33. The molecule has 1 saturated heterocycles. The molecule has 128 valence electrons. The first-order chi connectivity index (χ1) is 12.1. The van der Waals surface area contributed by atoms with Crippen LogP contribution in [0, 0.1) is 5.82 Å². The van der Waals surface area contributed by atoms with Crippen LogP contribution in [0.4, 0.5) is 16.1 Å². The number of halogens is 1. The number of benzene rings is 2. The molecule has 0 radical (unpaired) electrons. The van der Waals surface area contributed by atoms with Gasteiger partial charge in [-0.1, -0.05) is 0 Å². The minimum absolute atomic E-state index is 0.0926. The SMILES string of the molecule is Nc1ccc2oc(N3CCN(C(=O)c4ccc(F)cc4)CC3)nc2c1. The van der Waals surface area contributed by atoms with E-state index in [9.17, 15) is 9.18 Å². The van der Waals surface area contributed by atoms with Gasteiger partial charge in [-0.15, -0.1) is 0 Å². The van der Waals surface area contributed by atoms with Crippen molar-refractivity contribution in [3.05, 3.63) is 53.8 Å². The Labute approximate surface area is 143 Å². The molecule has 2 aromatic carbocycles. The maximum atomic E-state index is 13.0. The van der Waals surface area contributed by atoms with Crippen molar-refractivity contribution in [1.29, 1.82) is 0 Å². The number of nitrogens with zero attached hydrogens (tertiary/aromatic N) is 3. The van der Waals surface area contributed by atoms with Gasteiger partial charge in [0.05, 0.1) is 0 Å². The van der Waals surface area contributed by atoms with Crippen LogP contribution in [-0.2, 0) is 0 Å². The molecule has 0 saturated carbocycles. The number of anilines is 2. The van der Waals surface area contributed by atoms with Gasteiger partial charge in [0.1, 0.15) is 11.3 Å². The molecule has 1 aliphatic rings. The zero-order valence-electron chi connectivity index (χ0n) is 13.5. The molecule has 0 atom stereocenters. The summed E-state index contributed by atoms with van der Waals surface area (Å²) in [5.41, 5.74) is 8.31. The summed E-state index contributed by atoms with van der Waals surface area (Å²) in [7, 11) is 0. The van der Waals surface area contributed by atoms with Gasteiger partial charge >= 0.3 is 0 Å². The maximum absolute atomic E-state index is 13.0. The minimum atomic E-state index is -0.349. The van der Waals surface area contributed by atoms with Crippen LogP contribution in [0.3, 0.4) is 0 Å². The average Bonchev–Trinajstić information content (AvgIpc) is 3.05. The monoisotopic (exact) mass is 340 g/mol. The van der Waals surface area contributed by atoms with E-state index in [1.807, 2.05) is 4.90 Å². The zero-order chi connectivity index (χ0) is 17.4. The van der Waals surface area contributed by atoms with Crippen molar-refractivity contribution in [2.45, 2.75) is 0 Å². The summed E-state index contributed by atoms with van der Waals surface area (Å²) in [6.07, 6.45) is 0. The number of oxazole rings is 1. The molecule has 4 rings (SSSR count). The standard InChI is InChI=1S/C18H17FN4O2/c19-13-3-1-12(2-4-13)17(24)22-7-9-23(10-8-22)18-21-15-11-14(20)5-6-16(15)25-18/h1-6,11H,7-10,20H2. The highest BCUT2D eigenvalue weighted by Crippen LogP contribution is 2.24. The van der Waals surface area contributed by atoms with E-state index in [1.165, 1.54) is 24.3 Å². The maximum Gasteiger partial charge on any atom is 0.298 e. The van der Waals surface area contributed by atoms with E-state index in [0.29, 0.717) is 49.0 Å². The Balaban J connectivity index is 1.45. The van der Waals surface area contributed by atoms with Crippen LogP contribution >= 0.6 is 0 Å². The lowest BCUT2D eigenvalue weighted by molar-refractivity contribution is 0.0745. The normalized spacial score (nSPS) is 14.9. The van der Waals surface area contributed by atoms with Gasteiger partial charge in [-0.3, -0.25) is 4.79 Å². The van der Waals surface area contributed by atoms with E-state index < -0.39 is 0 Å². The van der Waals surface area contributed by atoms with E-state index >= 15 is 0 Å². The smallest absolute Gasteiger partial charge is 0.298 e. The second kappa shape index (κ2) is 6.08. The van der Waals surface area contributed by atoms with Crippen molar-refractivity contribution in [1.82, 2.24) is 9.88 Å². The molecule has 1 fully saturated rings. The van der Waals surface area contributed by atoms with Gasteiger partial charge in [-0.25, -0.2) is 4.39 Å². The van der Waals surface area contributed by atoms with Crippen LogP contribution in [0.15, 0.2) is 46.9 Å². The number of amides is 1. The molecule has 0 aliphatic carbocycles. The summed E-state index contributed by atoms with van der Waals surface area (Å²) in [6.45, 7) is 2.35. The summed E-state index contributed by atoms with van der Waals surface area (Å²) < 4.78 is 18.8. The summed E-state index contributed by atoms with van der Waals surface area (Å²) in [4.78, 5) is 20.7. The van der Waals surface area contributed by atoms with E-state index in [4.69, 9.17) is 10.2 Å². The summed E-state index contributed by atoms with van der Waals surface area (Å²) in [5, 5.41) is 0. The molecule has 0 unspecified atom stereocenters. The van der Waals surface area contributed by atoms with Gasteiger partial charge in [0.25, 0.3) is 11.9 Å². The number of aromatic nitrogens is 1. The number of rotatable bonds is 2. The number of hydrogen-bond donors (Lipinski definition) is 1. The Morgan fingerprint density at radius 1 is 1.08 bits per heavy atom. The molecular weight excluding hydrogens is 323 g/mol.